The lowest BCUT2D eigenvalue weighted by Gasteiger charge is -2.31. The Bertz CT molecular complexity index is 935. The first-order valence-corrected chi connectivity index (χ1v) is 11.4. The lowest BCUT2D eigenvalue weighted by atomic mass is 9.99. The molecule has 1 atom stereocenters. The van der Waals surface area contributed by atoms with E-state index in [4.69, 9.17) is 0 Å². The van der Waals surface area contributed by atoms with E-state index in [0.717, 1.165) is 4.47 Å². The van der Waals surface area contributed by atoms with Gasteiger partial charge in [0.1, 0.15) is 5.82 Å². The molecular weight excluding hydrogens is 447 g/mol. The van der Waals surface area contributed by atoms with Crippen molar-refractivity contribution in [2.24, 2.45) is 5.92 Å². The number of nitrogens with one attached hydrogen (secondary N) is 1. The third-order valence-corrected chi connectivity index (χ3v) is 7.27. The quantitative estimate of drug-likeness (QED) is 0.706. The Morgan fingerprint density at radius 1 is 1.18 bits per heavy atom. The van der Waals surface area contributed by atoms with Gasteiger partial charge in [-0.1, -0.05) is 34.1 Å². The van der Waals surface area contributed by atoms with E-state index in [-0.39, 0.29) is 23.2 Å². The highest BCUT2D eigenvalue weighted by Gasteiger charge is 2.33. The minimum Gasteiger partial charge on any atom is -0.355 e. The molecule has 0 bridgehead atoms. The molecule has 0 aromatic heterocycles. The largest absolute Gasteiger partial charge is 0.355 e. The zero-order valence-corrected chi connectivity index (χ0v) is 17.7. The lowest BCUT2D eigenvalue weighted by Crippen LogP contribution is -2.45. The summed E-state index contributed by atoms with van der Waals surface area (Å²) in [6.45, 7) is 0.872. The first-order chi connectivity index (χ1) is 13.4. The molecule has 0 radical (unpaired) electrons. The van der Waals surface area contributed by atoms with Crippen molar-refractivity contribution in [1.29, 1.82) is 0 Å². The van der Waals surface area contributed by atoms with Crippen molar-refractivity contribution < 1.29 is 17.6 Å². The Labute approximate surface area is 173 Å². The van der Waals surface area contributed by atoms with Crippen molar-refractivity contribution in [2.75, 3.05) is 19.6 Å². The average molecular weight is 469 g/mol. The number of benzene rings is 2. The van der Waals surface area contributed by atoms with Crippen molar-refractivity contribution in [3.63, 3.8) is 0 Å². The Kier molecular flexibility index (Phi) is 6.85. The molecule has 3 rings (SSSR count). The van der Waals surface area contributed by atoms with Gasteiger partial charge in [0.2, 0.25) is 15.9 Å². The third kappa shape index (κ3) is 4.98. The number of piperidine rings is 1. The van der Waals surface area contributed by atoms with Crippen LogP contribution >= 0.6 is 15.9 Å². The molecule has 2 aromatic carbocycles. The molecule has 0 aliphatic carbocycles. The number of nitrogens with zero attached hydrogens (tertiary/aromatic N) is 1. The van der Waals surface area contributed by atoms with Crippen molar-refractivity contribution >= 4 is 31.9 Å². The number of rotatable bonds is 6. The standard InChI is InChI=1S/C20H22BrFN2O3S/c21-17-7-9-18(10-8-17)28(26,27)24-13-3-5-16(14-24)20(25)23-12-11-15-4-1-2-6-19(15)22/h1-2,4,6-10,16H,3,5,11-14H2,(H,23,25). The minimum atomic E-state index is -3.63. The van der Waals surface area contributed by atoms with Crippen molar-refractivity contribution in [1.82, 2.24) is 9.62 Å². The van der Waals surface area contributed by atoms with E-state index in [0.29, 0.717) is 37.9 Å². The highest BCUT2D eigenvalue weighted by molar-refractivity contribution is 9.10. The van der Waals surface area contributed by atoms with Crippen molar-refractivity contribution in [3.05, 3.63) is 64.4 Å². The molecule has 8 heteroatoms. The van der Waals surface area contributed by atoms with Gasteiger partial charge in [-0.15, -0.1) is 0 Å². The number of hydrogen-bond donors (Lipinski definition) is 1. The smallest absolute Gasteiger partial charge is 0.243 e. The third-order valence-electron chi connectivity index (χ3n) is 4.86. The Morgan fingerprint density at radius 2 is 1.89 bits per heavy atom. The van der Waals surface area contributed by atoms with Gasteiger partial charge in [-0.2, -0.15) is 4.31 Å². The molecule has 1 aliphatic heterocycles. The number of carbonyl (C=O) groups excluding carboxylic acids is 1. The summed E-state index contributed by atoms with van der Waals surface area (Å²) in [6, 6.07) is 12.9. The Balaban J connectivity index is 1.58. The summed E-state index contributed by atoms with van der Waals surface area (Å²) in [4.78, 5) is 12.7. The second-order valence-electron chi connectivity index (χ2n) is 6.79. The van der Waals surface area contributed by atoms with Gasteiger partial charge in [0, 0.05) is 24.1 Å². The van der Waals surface area contributed by atoms with Crippen LogP contribution in [0.1, 0.15) is 18.4 Å². The predicted molar refractivity (Wildman–Crippen MR) is 109 cm³/mol. The number of carbonyl (C=O) groups is 1. The summed E-state index contributed by atoms with van der Waals surface area (Å²) >= 11 is 3.30. The maximum Gasteiger partial charge on any atom is 0.243 e. The highest BCUT2D eigenvalue weighted by atomic mass is 79.9. The summed E-state index contributed by atoms with van der Waals surface area (Å²) in [5.74, 6) is -0.882. The fraction of sp³-hybridized carbons (Fsp3) is 0.350. The molecule has 2 aromatic rings. The number of sulfonamides is 1. The maximum atomic E-state index is 13.6. The molecule has 1 fully saturated rings. The minimum absolute atomic E-state index is 0.157. The Hall–Kier alpha value is -1.77. The molecule has 1 heterocycles. The van der Waals surface area contributed by atoms with Crippen LogP contribution in [0, 0.1) is 11.7 Å². The second kappa shape index (κ2) is 9.15. The van der Waals surface area contributed by atoms with Crippen molar-refractivity contribution in [2.45, 2.75) is 24.2 Å². The van der Waals surface area contributed by atoms with E-state index in [2.05, 4.69) is 21.2 Å². The molecular formula is C20H22BrFN2O3S. The molecule has 1 saturated heterocycles. The summed E-state index contributed by atoms with van der Waals surface area (Å²) < 4.78 is 41.5. The van der Waals surface area contributed by atoms with Gasteiger partial charge in [-0.05, 0) is 55.2 Å². The topological polar surface area (TPSA) is 66.5 Å². The van der Waals surface area contributed by atoms with Gasteiger partial charge in [0.15, 0.2) is 0 Å². The van der Waals surface area contributed by atoms with Crippen LogP contribution in [0.3, 0.4) is 0 Å². The normalized spacial score (nSPS) is 18.0. The van der Waals surface area contributed by atoms with Gasteiger partial charge in [-0.25, -0.2) is 12.8 Å². The van der Waals surface area contributed by atoms with Gasteiger partial charge >= 0.3 is 0 Å². The van der Waals surface area contributed by atoms with Crippen LogP contribution in [-0.2, 0) is 21.2 Å². The number of amides is 1. The average Bonchev–Trinajstić information content (AvgIpc) is 2.70. The molecule has 1 unspecified atom stereocenters. The van der Waals surface area contributed by atoms with E-state index in [1.807, 2.05) is 0 Å². The summed E-state index contributed by atoms with van der Waals surface area (Å²) in [7, 11) is -3.63. The van der Waals surface area contributed by atoms with E-state index in [1.165, 1.54) is 10.4 Å². The van der Waals surface area contributed by atoms with Crippen molar-refractivity contribution in [3.8, 4) is 0 Å². The fourth-order valence-electron chi connectivity index (χ4n) is 3.30. The van der Waals surface area contributed by atoms with E-state index < -0.39 is 15.9 Å². The first-order valence-electron chi connectivity index (χ1n) is 9.15. The lowest BCUT2D eigenvalue weighted by molar-refractivity contribution is -0.126. The fourth-order valence-corrected chi connectivity index (χ4v) is 5.08. The van der Waals surface area contributed by atoms with Crippen LogP contribution in [0.25, 0.3) is 0 Å². The van der Waals surface area contributed by atoms with Gasteiger partial charge in [-0.3, -0.25) is 4.79 Å². The molecule has 0 saturated carbocycles. The predicted octanol–water partition coefficient (Wildman–Crippen LogP) is 3.35. The molecule has 1 aliphatic rings. The van der Waals surface area contributed by atoms with Gasteiger partial charge < -0.3 is 5.32 Å². The van der Waals surface area contributed by atoms with E-state index >= 15 is 0 Å². The molecule has 0 spiro atoms. The van der Waals surface area contributed by atoms with Crippen LogP contribution in [-0.4, -0.2) is 38.3 Å². The zero-order chi connectivity index (χ0) is 20.1. The monoisotopic (exact) mass is 468 g/mol. The zero-order valence-electron chi connectivity index (χ0n) is 15.3. The maximum absolute atomic E-state index is 13.6. The highest BCUT2D eigenvalue weighted by Crippen LogP contribution is 2.25. The molecule has 5 nitrogen and oxygen atoms in total. The SMILES string of the molecule is O=C(NCCc1ccccc1F)C1CCCN(S(=O)(=O)c2ccc(Br)cc2)C1. The van der Waals surface area contributed by atoms with Crippen LogP contribution in [0.15, 0.2) is 57.9 Å². The molecule has 1 N–H and O–H groups in total. The number of hydrogen-bond acceptors (Lipinski definition) is 3. The molecule has 28 heavy (non-hydrogen) atoms. The number of halogens is 2. The van der Waals surface area contributed by atoms with E-state index in [1.54, 1.807) is 42.5 Å². The van der Waals surface area contributed by atoms with Crippen LogP contribution in [0.4, 0.5) is 4.39 Å². The molecule has 1 amide bonds. The first kappa shape index (κ1) is 21.0. The van der Waals surface area contributed by atoms with E-state index in [9.17, 15) is 17.6 Å². The summed E-state index contributed by atoms with van der Waals surface area (Å²) in [6.07, 6.45) is 1.66. The van der Waals surface area contributed by atoms with Crippen LogP contribution < -0.4 is 5.32 Å². The van der Waals surface area contributed by atoms with Gasteiger partial charge in [0.25, 0.3) is 0 Å². The van der Waals surface area contributed by atoms with Crippen LogP contribution in [0.5, 0.6) is 0 Å². The van der Waals surface area contributed by atoms with Gasteiger partial charge in [0.05, 0.1) is 10.8 Å². The second-order valence-corrected chi connectivity index (χ2v) is 9.64. The molecule has 150 valence electrons. The summed E-state index contributed by atoms with van der Waals surface area (Å²) in [5, 5.41) is 2.81. The van der Waals surface area contributed by atoms with Crippen LogP contribution in [0.2, 0.25) is 0 Å². The Morgan fingerprint density at radius 3 is 2.61 bits per heavy atom. The summed E-state index contributed by atoms with van der Waals surface area (Å²) in [5.41, 5.74) is 0.547.